The Balaban J connectivity index is 0.000000148. The van der Waals surface area contributed by atoms with E-state index in [1.54, 1.807) is 6.92 Å². The molecule has 0 bridgehead atoms. The molecule has 118 heavy (non-hydrogen) atoms. The number of carbonyl (C=O) groups excluding carboxylic acids is 13. The van der Waals surface area contributed by atoms with Gasteiger partial charge in [-0.25, -0.2) is 23.1 Å². The van der Waals surface area contributed by atoms with Crippen molar-refractivity contribution < 1.29 is 70.7 Å². The summed E-state index contributed by atoms with van der Waals surface area (Å²) in [5, 5.41) is 0. The second kappa shape index (κ2) is 29.7. The molecule has 12 amide bonds. The van der Waals surface area contributed by atoms with E-state index in [9.17, 15) is 70.7 Å². The maximum Gasteiger partial charge on any atom is 0.285 e. The molecular weight excluding hydrogens is 1510 g/mol. The number of aryl methyl sites for hydroxylation is 12. The van der Waals surface area contributed by atoms with Gasteiger partial charge in [0.15, 0.2) is 5.78 Å². The molecule has 596 valence electrons. The van der Waals surface area contributed by atoms with Crippen molar-refractivity contribution in [3.63, 3.8) is 0 Å². The Morgan fingerprint density at radius 1 is 0.288 bits per heavy atom. The zero-order valence-electron chi connectivity index (χ0n) is 68.9. The summed E-state index contributed by atoms with van der Waals surface area (Å²) in [7, 11) is -1.53. The van der Waals surface area contributed by atoms with Crippen LogP contribution in [0.5, 0.6) is 0 Å². The van der Waals surface area contributed by atoms with Crippen LogP contribution in [0.3, 0.4) is 0 Å². The number of β-lactam (4-membered cyclic amide) rings is 4. The Bertz CT molecular complexity index is 6310. The number of sulfone groups is 1. The van der Waals surface area contributed by atoms with Crippen molar-refractivity contribution in [3.8, 4) is 0 Å². The lowest BCUT2D eigenvalue weighted by molar-refractivity contribution is -0.184. The number of likely N-dealkylation sites (tertiary alicyclic amines) is 1. The molecule has 16 rings (SSSR count). The van der Waals surface area contributed by atoms with Gasteiger partial charge in [0, 0.05) is 31.8 Å². The van der Waals surface area contributed by atoms with Crippen LogP contribution in [0.25, 0.3) is 0 Å². The average molecular weight is 1600 g/mol. The normalized spacial score (nSPS) is 15.1. The summed E-state index contributed by atoms with van der Waals surface area (Å²) in [6.45, 7) is 32.0. The summed E-state index contributed by atoms with van der Waals surface area (Å²) in [4.78, 5) is 173. The standard InChI is InChI=1S/C36H32N2O6S.C36H30N2O5.C24H24N2O4/c1-7-37-33(39)28-10-8-26(17-30(28)34(37)40)45(43,44)27-9-11-29-31(18-27)36(42)38(35(29)41)32-21(4)14-25(15-22(32)5)16-24-12-19(2)23(6)20(3)13-24;1-18-11-23(12-19(2)22(18)5)15-24-13-20(3)31(21(4)14-24)38-35(42)28-10-8-26(17-30(28)36(38)43)32(39)25-7-9-27-29(16-25)34(41)37(6)33(27)40;1-12-7-17(8-13(2)16(12)5)11-18-9-14(3)19(15(4)10-18)26-22(29)24(23(26)30)20(27)25(6)21(24)28/h8-15,17-18H,7,16H2,1-6H3;7-14,16-17H,15H2,1-6H3;7-10H,11H2,1-6H3. The van der Waals surface area contributed by atoms with E-state index in [2.05, 4.69) is 98.7 Å². The minimum atomic E-state index is -4.20. The van der Waals surface area contributed by atoms with Crippen molar-refractivity contribution in [3.05, 3.63) is 318 Å². The molecule has 0 radical (unpaired) electrons. The van der Waals surface area contributed by atoms with Gasteiger partial charge in [-0.15, -0.1) is 0 Å². The molecule has 10 aromatic carbocycles. The Morgan fingerprint density at radius 2 is 0.542 bits per heavy atom. The molecular formula is C96H86N6O15S. The predicted octanol–water partition coefficient (Wildman–Crippen LogP) is 14.8. The highest BCUT2D eigenvalue weighted by atomic mass is 32.2. The number of fused-ring (bicyclic) bond motifs is 4. The van der Waals surface area contributed by atoms with Crippen LogP contribution in [0.1, 0.15) is 223 Å². The summed E-state index contributed by atoms with van der Waals surface area (Å²) >= 11 is 0. The number of ketones is 1. The average Bonchev–Trinajstić information content (AvgIpc) is 0.790. The smallest absolute Gasteiger partial charge is 0.285 e. The SMILES string of the molecule is CCN1C(=O)c2ccc(S(=O)(=O)c3ccc4c(c3)C(=O)N(c3c(C)cc(Cc5cc(C)c(C)c(C)c5)cc3C)C4=O)cc2C1=O.Cc1cc(Cc2cc(C)c(N3C(=O)C4(C(=O)N(C)C4=O)C3=O)c(C)c2)cc(C)c1C.Cc1cc(Cc2cc(C)c(N3C(=O)c4ccc(C(=O)c5ccc6c(c5)C(=O)N(C)C6=O)cc4C3=O)c(C)c2)cc(C)c1C. The molecule has 0 saturated carbocycles. The molecule has 6 heterocycles. The Labute approximate surface area is 683 Å². The van der Waals surface area contributed by atoms with Crippen LogP contribution in [0.15, 0.2) is 155 Å². The highest BCUT2D eigenvalue weighted by Gasteiger charge is 2.80. The minimum absolute atomic E-state index is 0.0147. The summed E-state index contributed by atoms with van der Waals surface area (Å²) in [5.74, 6) is -7.36. The van der Waals surface area contributed by atoms with Gasteiger partial charge in [0.05, 0.1) is 71.4 Å². The lowest BCUT2D eigenvalue weighted by Gasteiger charge is -2.51. The fourth-order valence-electron chi connectivity index (χ4n) is 17.3. The van der Waals surface area contributed by atoms with Gasteiger partial charge >= 0.3 is 0 Å². The fourth-order valence-corrected chi connectivity index (χ4v) is 18.6. The molecule has 6 aliphatic heterocycles. The third-order valence-corrected chi connectivity index (χ3v) is 25.8. The Hall–Kier alpha value is -13.3. The van der Waals surface area contributed by atoms with E-state index in [4.69, 9.17) is 0 Å². The van der Waals surface area contributed by atoms with E-state index >= 15 is 0 Å². The molecule has 0 unspecified atom stereocenters. The van der Waals surface area contributed by atoms with Gasteiger partial charge in [-0.2, -0.15) is 0 Å². The van der Waals surface area contributed by atoms with Crippen molar-refractivity contribution in [2.45, 2.75) is 140 Å². The maximum absolute atomic E-state index is 13.7. The number of hydrogen-bond acceptors (Lipinski definition) is 15. The zero-order valence-corrected chi connectivity index (χ0v) is 69.7. The van der Waals surface area contributed by atoms with Crippen molar-refractivity contribution in [1.29, 1.82) is 0 Å². The van der Waals surface area contributed by atoms with Crippen molar-refractivity contribution in [2.24, 2.45) is 5.41 Å². The van der Waals surface area contributed by atoms with E-state index in [1.165, 1.54) is 159 Å². The quantitative estimate of drug-likeness (QED) is 0.0423. The molecule has 0 atom stereocenters. The number of carbonyl (C=O) groups is 13. The molecule has 0 aliphatic carbocycles. The maximum atomic E-state index is 13.7. The van der Waals surface area contributed by atoms with E-state index in [-0.39, 0.29) is 72.0 Å². The molecule has 2 fully saturated rings. The van der Waals surface area contributed by atoms with Crippen LogP contribution in [-0.4, -0.2) is 120 Å². The summed E-state index contributed by atoms with van der Waals surface area (Å²) in [6.07, 6.45) is 2.17. The number of nitrogens with zero attached hydrogens (tertiary/aromatic N) is 6. The first-order valence-corrected chi connectivity index (χ1v) is 40.2. The summed E-state index contributed by atoms with van der Waals surface area (Å²) in [5.41, 5.74) is 23.6. The van der Waals surface area contributed by atoms with Gasteiger partial charge in [-0.3, -0.25) is 77.0 Å². The first-order chi connectivity index (χ1) is 55.6. The van der Waals surface area contributed by atoms with Gasteiger partial charge in [-0.05, 0) is 308 Å². The third kappa shape index (κ3) is 13.1. The van der Waals surface area contributed by atoms with Crippen LogP contribution in [0.4, 0.5) is 17.1 Å². The predicted molar refractivity (Wildman–Crippen MR) is 445 cm³/mol. The number of benzene rings is 10. The first-order valence-electron chi connectivity index (χ1n) is 38.7. The van der Waals surface area contributed by atoms with Crippen LogP contribution in [0, 0.1) is 109 Å². The highest BCUT2D eigenvalue weighted by Crippen LogP contribution is 2.48. The van der Waals surface area contributed by atoms with E-state index < -0.39 is 91.9 Å². The first kappa shape index (κ1) is 81.2. The fraction of sp³-hybridized carbons (Fsp3) is 0.240. The largest absolute Gasteiger partial charge is 0.289 e. The molecule has 6 aliphatic rings. The molecule has 21 nitrogen and oxygen atoms in total. The summed E-state index contributed by atoms with van der Waals surface area (Å²) < 4.78 is 27.3. The summed E-state index contributed by atoms with van der Waals surface area (Å²) in [6, 6.07) is 41.5. The molecule has 1 spiro atoms. The molecule has 0 N–H and O–H groups in total. The third-order valence-electron chi connectivity index (χ3n) is 24.0. The van der Waals surface area contributed by atoms with Crippen molar-refractivity contribution >= 4 is 104 Å². The zero-order chi connectivity index (χ0) is 85.6. The highest BCUT2D eigenvalue weighted by molar-refractivity contribution is 7.91. The number of anilines is 3. The van der Waals surface area contributed by atoms with Gasteiger partial charge in [0.2, 0.25) is 9.84 Å². The minimum Gasteiger partial charge on any atom is -0.289 e. The topological polar surface area (TPSA) is 275 Å². The number of hydrogen-bond donors (Lipinski definition) is 0. The molecule has 0 aromatic heterocycles. The van der Waals surface area contributed by atoms with Crippen LogP contribution < -0.4 is 14.7 Å². The van der Waals surface area contributed by atoms with Crippen LogP contribution in [-0.2, 0) is 48.3 Å². The molecule has 10 aromatic rings. The monoisotopic (exact) mass is 1590 g/mol. The van der Waals surface area contributed by atoms with Gasteiger partial charge < -0.3 is 0 Å². The van der Waals surface area contributed by atoms with Crippen molar-refractivity contribution in [2.75, 3.05) is 35.3 Å². The molecule has 22 heteroatoms. The second-order valence-corrected chi connectivity index (χ2v) is 33.8. The van der Waals surface area contributed by atoms with Gasteiger partial charge in [0.1, 0.15) is 0 Å². The number of imide groups is 6. The van der Waals surface area contributed by atoms with Crippen LogP contribution in [0.2, 0.25) is 0 Å². The lowest BCUT2D eigenvalue weighted by atomic mass is 9.68. The van der Waals surface area contributed by atoms with E-state index in [1.807, 2.05) is 77.9 Å². The van der Waals surface area contributed by atoms with Crippen LogP contribution >= 0.6 is 0 Å². The van der Waals surface area contributed by atoms with Gasteiger partial charge in [-0.1, -0.05) is 84.9 Å². The lowest BCUT2D eigenvalue weighted by Crippen LogP contribution is -2.83. The number of amides is 12. The van der Waals surface area contributed by atoms with E-state index in [0.717, 1.165) is 87.4 Å². The van der Waals surface area contributed by atoms with Gasteiger partial charge in [0.25, 0.3) is 76.3 Å². The Kier molecular flexibility index (Phi) is 20.5. The number of rotatable bonds is 14. The second-order valence-electron chi connectivity index (χ2n) is 31.9. The van der Waals surface area contributed by atoms with Crippen molar-refractivity contribution in [1.82, 2.24) is 14.7 Å². The molecule has 2 saturated heterocycles. The van der Waals surface area contributed by atoms with E-state index in [0.29, 0.717) is 23.5 Å². The Morgan fingerprint density at radius 3 is 0.881 bits per heavy atom.